The van der Waals surface area contributed by atoms with Crippen molar-refractivity contribution in [2.75, 3.05) is 0 Å². The molecule has 0 atom stereocenters. The molecule has 5 rings (SSSR count). The molecule has 0 saturated carbocycles. The van der Waals surface area contributed by atoms with Gasteiger partial charge in [-0.3, -0.25) is 9.78 Å². The maximum absolute atomic E-state index is 12.8. The Bertz CT molecular complexity index is 2000. The average molecular weight is 891 g/mol. The van der Waals surface area contributed by atoms with Gasteiger partial charge < -0.3 is 5.11 Å². The number of carbonyl (C=O) groups is 1. The summed E-state index contributed by atoms with van der Waals surface area (Å²) in [7, 11) is 0. The minimum absolute atomic E-state index is 0. The zero-order valence-corrected chi connectivity index (χ0v) is 35.1. The van der Waals surface area contributed by atoms with Crippen molar-refractivity contribution >= 4 is 48.1 Å². The number of thiophene rings is 1. The van der Waals surface area contributed by atoms with Crippen molar-refractivity contribution in [2.24, 2.45) is 10.8 Å². The summed E-state index contributed by atoms with van der Waals surface area (Å²) >= 11 is 1.71. The molecule has 7 heteroatoms. The molecule has 51 heavy (non-hydrogen) atoms. The Hall–Kier alpha value is -2.99. The number of aliphatic hydroxyl groups excluding tert-OH is 1. The fraction of sp³-hybridized carbons (Fsp3) is 0.455. The van der Waals surface area contributed by atoms with Gasteiger partial charge in [0.05, 0.1) is 0 Å². The van der Waals surface area contributed by atoms with Crippen molar-refractivity contribution in [3.63, 3.8) is 0 Å². The molecular weight excluding hydrogens is 837 g/mol. The van der Waals surface area contributed by atoms with Crippen LogP contribution in [0.15, 0.2) is 66.6 Å². The largest absolute Gasteiger partial charge is 0.512 e. The summed E-state index contributed by atoms with van der Waals surface area (Å²) in [5.74, 6) is 0.286. The van der Waals surface area contributed by atoms with Gasteiger partial charge in [0.1, 0.15) is 5.76 Å². The van der Waals surface area contributed by atoms with Crippen LogP contribution >= 0.6 is 11.3 Å². The fourth-order valence-corrected chi connectivity index (χ4v) is 7.65. The van der Waals surface area contributed by atoms with Gasteiger partial charge >= 0.3 is 0 Å². The average Bonchev–Trinajstić information content (AvgIpc) is 3.49. The van der Waals surface area contributed by atoms with Crippen molar-refractivity contribution in [3.05, 3.63) is 89.3 Å². The van der Waals surface area contributed by atoms with E-state index in [4.69, 9.17) is 4.98 Å². The van der Waals surface area contributed by atoms with Gasteiger partial charge in [0.25, 0.3) is 0 Å². The van der Waals surface area contributed by atoms with Crippen molar-refractivity contribution < 1.29 is 38.8 Å². The maximum atomic E-state index is 12.8. The minimum atomic E-state index is -2.28. The number of allylic oxidation sites excluding steroid dienone is 2. The van der Waals surface area contributed by atoms with E-state index in [0.29, 0.717) is 6.42 Å². The summed E-state index contributed by atoms with van der Waals surface area (Å²) in [6.07, 6.45) is 4.63. The van der Waals surface area contributed by atoms with Crippen LogP contribution in [0.5, 0.6) is 0 Å². The second-order valence-corrected chi connectivity index (χ2v) is 16.1. The van der Waals surface area contributed by atoms with E-state index < -0.39 is 6.43 Å². The number of nitrogens with zero attached hydrogens (tertiary/aromatic N) is 1. The molecule has 2 aromatic heterocycles. The van der Waals surface area contributed by atoms with Crippen LogP contribution in [0.3, 0.4) is 0 Å². The number of aromatic nitrogens is 1. The predicted molar refractivity (Wildman–Crippen MR) is 210 cm³/mol. The first-order valence-electron chi connectivity index (χ1n) is 18.0. The van der Waals surface area contributed by atoms with Crippen molar-refractivity contribution in [3.8, 4) is 11.3 Å². The molecule has 3 nitrogen and oxygen atoms in total. The van der Waals surface area contributed by atoms with Crippen LogP contribution in [0.4, 0.5) is 8.78 Å². The Morgan fingerprint density at radius 2 is 1.49 bits per heavy atom. The smallest absolute Gasteiger partial charge is 0.239 e. The summed E-state index contributed by atoms with van der Waals surface area (Å²) in [6, 6.07) is 20.4. The van der Waals surface area contributed by atoms with Crippen molar-refractivity contribution in [2.45, 2.75) is 120 Å². The summed E-state index contributed by atoms with van der Waals surface area (Å²) in [5.41, 5.74) is 4.67. The standard InChI is InChI=1S/C29H26F2NS.C15H28O2.Ir/c1-17-18(10-12-25(30)31)9-11-22-23-13-14-32-26(28(23)33-27(17)22)20-15-19-7-5-6-8-21(19)24(16-20)29(2,3)4;1-7-14(5,8-2)12(16)11-13(17)15(6,9-3)10-4;/h5-9,11,13-14,16,25H,10,12H2,1-4H3;11,16H,7-10H2,1-6H3;/q-1;;/b;12-11-;. The SMILES string of the molecule is CCC(C)(CC)C(=O)/C=C(\O)C(C)(CC)CC.Cc1c(CCC(F)F)ccc2c1sc1c(-c3[c-]c4ccccc4c(C(C)(C)C)c3)nccc12.[Ir]. The third-order valence-electron chi connectivity index (χ3n) is 11.0. The van der Waals surface area contributed by atoms with Crippen LogP contribution in [0.2, 0.25) is 0 Å². The molecule has 0 aliphatic carbocycles. The number of hydrogen-bond donors (Lipinski definition) is 1. The van der Waals surface area contributed by atoms with Gasteiger partial charge in [0.2, 0.25) is 6.43 Å². The van der Waals surface area contributed by atoms with Gasteiger partial charge in [-0.2, -0.15) is 0 Å². The molecule has 1 radical (unpaired) electrons. The van der Waals surface area contributed by atoms with Gasteiger partial charge in [-0.05, 0) is 67.0 Å². The van der Waals surface area contributed by atoms with E-state index in [9.17, 15) is 18.7 Å². The molecule has 0 aliphatic rings. The number of carbonyl (C=O) groups excluding carboxylic acids is 1. The van der Waals surface area contributed by atoms with Crippen LogP contribution < -0.4 is 0 Å². The van der Waals surface area contributed by atoms with Crippen molar-refractivity contribution in [1.29, 1.82) is 0 Å². The number of ketones is 1. The number of alkyl halides is 2. The van der Waals surface area contributed by atoms with E-state index in [1.165, 1.54) is 17.0 Å². The molecule has 3 aromatic carbocycles. The number of fused-ring (bicyclic) bond motifs is 4. The summed E-state index contributed by atoms with van der Waals surface area (Å²) in [6.45, 7) is 20.8. The van der Waals surface area contributed by atoms with E-state index in [1.54, 1.807) is 11.3 Å². The zero-order valence-electron chi connectivity index (χ0n) is 31.9. The maximum Gasteiger partial charge on any atom is 0.239 e. The number of halogens is 2. The Morgan fingerprint density at radius 1 is 0.882 bits per heavy atom. The van der Waals surface area contributed by atoms with Crippen LogP contribution in [0.1, 0.15) is 111 Å². The molecule has 0 amide bonds. The first-order valence-corrected chi connectivity index (χ1v) is 18.8. The van der Waals surface area contributed by atoms with Gasteiger partial charge in [0, 0.05) is 70.1 Å². The molecule has 0 bridgehead atoms. The van der Waals surface area contributed by atoms with Gasteiger partial charge in [-0.15, -0.1) is 40.5 Å². The molecule has 5 aromatic rings. The van der Waals surface area contributed by atoms with E-state index in [1.807, 2.05) is 66.8 Å². The monoisotopic (exact) mass is 891 g/mol. The fourth-order valence-electron chi connectivity index (χ4n) is 6.33. The molecule has 1 N–H and O–H groups in total. The second-order valence-electron chi connectivity index (χ2n) is 15.1. The molecule has 0 unspecified atom stereocenters. The first-order chi connectivity index (χ1) is 23.5. The Labute approximate surface area is 321 Å². The van der Waals surface area contributed by atoms with E-state index in [-0.39, 0.29) is 54.3 Å². The normalized spacial score (nSPS) is 12.7. The molecular formula is C44H54F2IrNO2S-. The molecule has 0 saturated heterocycles. The van der Waals surface area contributed by atoms with Gasteiger partial charge in [-0.1, -0.05) is 104 Å². The van der Waals surface area contributed by atoms with Gasteiger partial charge in [-0.25, -0.2) is 8.78 Å². The number of rotatable bonds is 11. The zero-order chi connectivity index (χ0) is 37.0. The summed E-state index contributed by atoms with van der Waals surface area (Å²) in [4.78, 5) is 17.0. The Morgan fingerprint density at radius 3 is 2.08 bits per heavy atom. The summed E-state index contributed by atoms with van der Waals surface area (Å²) < 4.78 is 27.9. The van der Waals surface area contributed by atoms with Crippen LogP contribution in [-0.2, 0) is 36.7 Å². The molecule has 277 valence electrons. The number of aryl methyl sites for hydroxylation is 2. The predicted octanol–water partition coefficient (Wildman–Crippen LogP) is 13.5. The Balaban J connectivity index is 0.000000335. The third-order valence-corrected chi connectivity index (χ3v) is 12.3. The van der Waals surface area contributed by atoms with Crippen molar-refractivity contribution in [1.82, 2.24) is 4.98 Å². The van der Waals surface area contributed by atoms with E-state index in [0.717, 1.165) is 73.6 Å². The molecule has 0 spiro atoms. The molecule has 0 aliphatic heterocycles. The topological polar surface area (TPSA) is 50.2 Å². The second kappa shape index (κ2) is 17.2. The number of pyridine rings is 1. The third kappa shape index (κ3) is 9.15. The first kappa shape index (κ1) is 42.4. The number of aliphatic hydroxyl groups is 1. The van der Waals surface area contributed by atoms with Crippen LogP contribution in [-0.4, -0.2) is 22.3 Å². The van der Waals surface area contributed by atoms with Crippen LogP contribution in [0.25, 0.3) is 42.2 Å². The quantitative estimate of drug-likeness (QED) is 0.0816. The van der Waals surface area contributed by atoms with Gasteiger partial charge in [0.15, 0.2) is 5.78 Å². The number of benzene rings is 3. The summed E-state index contributed by atoms with van der Waals surface area (Å²) in [5, 5.41) is 14.8. The molecule has 2 heterocycles. The van der Waals surface area contributed by atoms with E-state index >= 15 is 0 Å². The number of hydrogen-bond acceptors (Lipinski definition) is 4. The minimum Gasteiger partial charge on any atom is -0.512 e. The van der Waals surface area contributed by atoms with Crippen LogP contribution in [0, 0.1) is 23.8 Å². The Kier molecular flexibility index (Phi) is 14.3. The van der Waals surface area contributed by atoms with E-state index in [2.05, 4.69) is 63.2 Å². The molecule has 0 fully saturated rings.